The molecule has 6 rings (SSSR count). The van der Waals surface area contributed by atoms with Gasteiger partial charge in [-0.25, -0.2) is 0 Å². The Morgan fingerprint density at radius 1 is 0.844 bits per heavy atom. The van der Waals surface area contributed by atoms with Crippen molar-refractivity contribution in [3.8, 4) is 22.4 Å². The van der Waals surface area contributed by atoms with Crippen LogP contribution in [0.1, 0.15) is 78.4 Å². The minimum absolute atomic E-state index is 0. The van der Waals surface area contributed by atoms with Gasteiger partial charge < -0.3 is 10.1 Å². The molecule has 0 fully saturated rings. The molecular formula is C40H43IrN2O2-. The van der Waals surface area contributed by atoms with E-state index in [-0.39, 0.29) is 48.9 Å². The van der Waals surface area contributed by atoms with Crippen molar-refractivity contribution in [3.05, 3.63) is 108 Å². The van der Waals surface area contributed by atoms with Crippen LogP contribution in [-0.4, -0.2) is 20.9 Å². The minimum atomic E-state index is -0.150. The van der Waals surface area contributed by atoms with Crippen molar-refractivity contribution in [2.24, 2.45) is 11.8 Å². The number of rotatable bonds is 8. The number of fused-ring (bicyclic) bond motifs is 3. The summed E-state index contributed by atoms with van der Waals surface area (Å²) in [5, 5.41) is 14.4. The van der Waals surface area contributed by atoms with Gasteiger partial charge >= 0.3 is 0 Å². The SMILES string of the molecule is CC1(C)c2cc3ccncc3[c-]c2-c2nccc3cc(-c4ccccc4)cc1c23.CCC(CC)C(=O)/C=C(\O)C(CC)CC.[Ir]. The van der Waals surface area contributed by atoms with Gasteiger partial charge in [0.2, 0.25) is 0 Å². The average Bonchev–Trinajstić information content (AvgIpc) is 3.04. The predicted molar refractivity (Wildman–Crippen MR) is 183 cm³/mol. The van der Waals surface area contributed by atoms with E-state index in [1.54, 1.807) is 0 Å². The molecule has 0 saturated heterocycles. The Labute approximate surface area is 281 Å². The zero-order valence-electron chi connectivity index (χ0n) is 27.1. The van der Waals surface area contributed by atoms with Crippen LogP contribution in [0.15, 0.2) is 91.1 Å². The van der Waals surface area contributed by atoms with Crippen LogP contribution < -0.4 is 0 Å². The summed E-state index contributed by atoms with van der Waals surface area (Å²) in [6.07, 6.45) is 10.6. The van der Waals surface area contributed by atoms with Gasteiger partial charge in [-0.05, 0) is 76.9 Å². The number of hydrogen-bond acceptors (Lipinski definition) is 4. The van der Waals surface area contributed by atoms with Gasteiger partial charge in [0, 0.05) is 56.1 Å². The number of ketones is 1. The van der Waals surface area contributed by atoms with Crippen LogP contribution >= 0.6 is 0 Å². The Morgan fingerprint density at radius 3 is 2.18 bits per heavy atom. The smallest absolute Gasteiger partial charge is 0.162 e. The molecule has 0 atom stereocenters. The summed E-state index contributed by atoms with van der Waals surface area (Å²) < 4.78 is 0. The Morgan fingerprint density at radius 2 is 1.51 bits per heavy atom. The molecule has 4 nitrogen and oxygen atoms in total. The third kappa shape index (κ3) is 6.81. The summed E-state index contributed by atoms with van der Waals surface area (Å²) in [6, 6.07) is 25.3. The Balaban J connectivity index is 0.000000249. The summed E-state index contributed by atoms with van der Waals surface area (Å²) >= 11 is 0. The molecule has 0 aliphatic heterocycles. The maximum atomic E-state index is 11.7. The van der Waals surface area contributed by atoms with E-state index in [4.69, 9.17) is 4.98 Å². The summed E-state index contributed by atoms with van der Waals surface area (Å²) in [5.41, 5.74) is 7.05. The molecule has 1 aliphatic carbocycles. The second-order valence-corrected chi connectivity index (χ2v) is 12.3. The standard InChI is InChI=1S/C27H19N2.C13H24O2.Ir/c1-27(2)23-14-18-8-10-28-16-21(18)13-22(23)26-25-19(9-11-29-26)12-20(15-24(25)27)17-6-4-3-5-7-17;1-5-10(6-2)12(14)9-13(15)11(7-3)8-4;/h3-12,14-16H,1-2H3;9-11,14H,5-8H2,1-4H3;/q-1;;/b;12-9-;. The van der Waals surface area contributed by atoms with Crippen LogP contribution in [0.4, 0.5) is 0 Å². The zero-order valence-corrected chi connectivity index (χ0v) is 29.5. The summed E-state index contributed by atoms with van der Waals surface area (Å²) in [4.78, 5) is 20.8. The fourth-order valence-electron chi connectivity index (χ4n) is 6.47. The molecule has 0 unspecified atom stereocenters. The number of aromatic nitrogens is 2. The first-order valence-electron chi connectivity index (χ1n) is 16.0. The van der Waals surface area contributed by atoms with Gasteiger partial charge in [0.15, 0.2) is 5.78 Å². The molecular weight excluding hydrogens is 733 g/mol. The molecule has 235 valence electrons. The van der Waals surface area contributed by atoms with Gasteiger partial charge in [-0.1, -0.05) is 106 Å². The molecule has 5 heteroatoms. The zero-order chi connectivity index (χ0) is 31.4. The number of allylic oxidation sites excluding steroid dienone is 2. The third-order valence-corrected chi connectivity index (χ3v) is 9.32. The first-order chi connectivity index (χ1) is 21.2. The second-order valence-electron chi connectivity index (χ2n) is 12.3. The fourth-order valence-corrected chi connectivity index (χ4v) is 6.47. The molecule has 1 radical (unpaired) electrons. The average molecular weight is 776 g/mol. The van der Waals surface area contributed by atoms with Crippen LogP contribution in [0.3, 0.4) is 0 Å². The molecule has 0 saturated carbocycles. The number of aliphatic hydroxyl groups is 1. The van der Waals surface area contributed by atoms with E-state index in [2.05, 4.69) is 85.6 Å². The van der Waals surface area contributed by atoms with E-state index in [0.717, 1.165) is 42.3 Å². The van der Waals surface area contributed by atoms with Crippen molar-refractivity contribution in [3.63, 3.8) is 0 Å². The van der Waals surface area contributed by atoms with Crippen LogP contribution in [0.2, 0.25) is 0 Å². The van der Waals surface area contributed by atoms with Crippen molar-refractivity contribution in [1.82, 2.24) is 9.97 Å². The summed E-state index contributed by atoms with van der Waals surface area (Å²) in [6.45, 7) is 12.7. The molecule has 3 aromatic carbocycles. The minimum Gasteiger partial charge on any atom is -0.512 e. The Bertz CT molecular complexity index is 1820. The number of benzene rings is 3. The maximum absolute atomic E-state index is 11.7. The molecule has 2 aromatic heterocycles. The number of nitrogens with zero attached hydrogens (tertiary/aromatic N) is 2. The number of pyridine rings is 2. The molecule has 0 bridgehead atoms. The van der Waals surface area contributed by atoms with Crippen molar-refractivity contribution < 1.29 is 30.0 Å². The molecule has 2 heterocycles. The molecule has 5 aromatic rings. The van der Waals surface area contributed by atoms with Gasteiger partial charge in [-0.3, -0.25) is 9.78 Å². The van der Waals surface area contributed by atoms with E-state index in [1.807, 2.05) is 46.3 Å². The topological polar surface area (TPSA) is 63.1 Å². The number of aliphatic hydroxyl groups excluding tert-OH is 1. The van der Waals surface area contributed by atoms with Gasteiger partial charge in [-0.2, -0.15) is 0 Å². The van der Waals surface area contributed by atoms with Crippen molar-refractivity contribution in [2.45, 2.75) is 72.6 Å². The second kappa shape index (κ2) is 14.6. The molecule has 1 N–H and O–H groups in total. The quantitative estimate of drug-likeness (QED) is 0.0969. The van der Waals surface area contributed by atoms with Crippen molar-refractivity contribution >= 4 is 27.3 Å². The van der Waals surface area contributed by atoms with E-state index >= 15 is 0 Å². The fraction of sp³-hybridized carbons (Fsp3) is 0.325. The first kappa shape index (κ1) is 34.2. The van der Waals surface area contributed by atoms with Gasteiger partial charge in [0.1, 0.15) is 0 Å². The summed E-state index contributed by atoms with van der Waals surface area (Å²) in [7, 11) is 0. The van der Waals surface area contributed by atoms with Crippen molar-refractivity contribution in [2.75, 3.05) is 0 Å². The maximum Gasteiger partial charge on any atom is 0.162 e. The largest absolute Gasteiger partial charge is 0.512 e. The van der Waals surface area contributed by atoms with Gasteiger partial charge in [0.05, 0.1) is 5.76 Å². The summed E-state index contributed by atoms with van der Waals surface area (Å²) in [5.74, 6) is 0.547. The van der Waals surface area contributed by atoms with Crippen LogP contribution in [-0.2, 0) is 30.3 Å². The molecule has 0 spiro atoms. The third-order valence-electron chi connectivity index (χ3n) is 9.32. The Kier molecular flexibility index (Phi) is 11.1. The van der Waals surface area contributed by atoms with E-state index < -0.39 is 0 Å². The van der Waals surface area contributed by atoms with Crippen molar-refractivity contribution in [1.29, 1.82) is 0 Å². The van der Waals surface area contributed by atoms with Gasteiger partial charge in [-0.15, -0.1) is 12.1 Å². The number of hydrogen-bond donors (Lipinski definition) is 1. The monoisotopic (exact) mass is 776 g/mol. The van der Waals surface area contributed by atoms with Gasteiger partial charge in [0.25, 0.3) is 0 Å². The Hall–Kier alpha value is -3.66. The van der Waals surface area contributed by atoms with E-state index in [1.165, 1.54) is 44.5 Å². The number of carbonyl (C=O) groups excluding carboxylic acids is 1. The molecule has 0 amide bonds. The van der Waals surface area contributed by atoms with Crippen LogP contribution in [0.25, 0.3) is 43.9 Å². The van der Waals surface area contributed by atoms with Crippen LogP contribution in [0.5, 0.6) is 0 Å². The van der Waals surface area contributed by atoms with E-state index in [9.17, 15) is 9.90 Å². The normalized spacial score (nSPS) is 13.3. The molecule has 45 heavy (non-hydrogen) atoms. The first-order valence-corrected chi connectivity index (χ1v) is 16.0. The number of carbonyl (C=O) groups is 1. The van der Waals surface area contributed by atoms with Crippen LogP contribution in [0, 0.1) is 17.9 Å². The predicted octanol–water partition coefficient (Wildman–Crippen LogP) is 10.4. The van der Waals surface area contributed by atoms with E-state index in [0.29, 0.717) is 0 Å². The molecule has 1 aliphatic rings.